The minimum absolute atomic E-state index is 0.0278. The summed E-state index contributed by atoms with van der Waals surface area (Å²) in [6.07, 6.45) is 4.91. The lowest BCUT2D eigenvalue weighted by atomic mass is 10.0. The van der Waals surface area contributed by atoms with Gasteiger partial charge in [-0.2, -0.15) is 5.10 Å². The van der Waals surface area contributed by atoms with Gasteiger partial charge in [0.25, 0.3) is 0 Å². The molecular formula is C16H25N5O2. The van der Waals surface area contributed by atoms with E-state index in [1.54, 1.807) is 6.20 Å². The fourth-order valence-corrected chi connectivity index (χ4v) is 2.84. The topological polar surface area (TPSA) is 87.2 Å². The van der Waals surface area contributed by atoms with Crippen LogP contribution in [0.3, 0.4) is 0 Å². The third-order valence-electron chi connectivity index (χ3n) is 3.98. The molecule has 7 nitrogen and oxygen atoms in total. The summed E-state index contributed by atoms with van der Waals surface area (Å²) in [5, 5.41) is 14.0. The van der Waals surface area contributed by atoms with Crippen LogP contribution in [0.15, 0.2) is 18.3 Å². The Labute approximate surface area is 136 Å². The van der Waals surface area contributed by atoms with Crippen molar-refractivity contribution in [2.45, 2.75) is 51.6 Å². The molecule has 1 fully saturated rings. The number of piperidine rings is 1. The number of anilines is 1. The zero-order chi connectivity index (χ0) is 16.7. The molecule has 2 N–H and O–H groups in total. The Morgan fingerprint density at radius 3 is 2.70 bits per heavy atom. The highest BCUT2D eigenvalue weighted by Gasteiger charge is 2.28. The molecule has 0 radical (unpaired) electrons. The van der Waals surface area contributed by atoms with Crippen molar-refractivity contribution in [2.24, 2.45) is 0 Å². The van der Waals surface area contributed by atoms with Crippen LogP contribution in [0.4, 0.5) is 5.82 Å². The Bertz CT molecular complexity index is 514. The predicted molar refractivity (Wildman–Crippen MR) is 87.8 cm³/mol. The van der Waals surface area contributed by atoms with Crippen molar-refractivity contribution in [3.8, 4) is 0 Å². The summed E-state index contributed by atoms with van der Waals surface area (Å²) < 4.78 is 0. The molecule has 1 aliphatic rings. The Balaban J connectivity index is 1.84. The molecule has 0 spiro atoms. The quantitative estimate of drug-likeness (QED) is 0.822. The van der Waals surface area contributed by atoms with E-state index in [9.17, 15) is 9.59 Å². The molecule has 0 unspecified atom stereocenters. The van der Waals surface area contributed by atoms with Crippen molar-refractivity contribution in [3.05, 3.63) is 18.3 Å². The lowest BCUT2D eigenvalue weighted by molar-refractivity contribution is -0.137. The molecular weight excluding hydrogens is 294 g/mol. The van der Waals surface area contributed by atoms with E-state index in [4.69, 9.17) is 0 Å². The van der Waals surface area contributed by atoms with Crippen molar-refractivity contribution in [1.82, 2.24) is 20.4 Å². The van der Waals surface area contributed by atoms with E-state index >= 15 is 0 Å². The van der Waals surface area contributed by atoms with Crippen molar-refractivity contribution >= 4 is 17.6 Å². The third-order valence-corrected chi connectivity index (χ3v) is 3.98. The van der Waals surface area contributed by atoms with Crippen molar-refractivity contribution in [2.75, 3.05) is 18.4 Å². The van der Waals surface area contributed by atoms with Crippen LogP contribution in [0.25, 0.3) is 0 Å². The highest BCUT2D eigenvalue weighted by molar-refractivity contribution is 5.86. The third kappa shape index (κ3) is 5.19. The normalized spacial score (nSPS) is 16.7. The van der Waals surface area contributed by atoms with Gasteiger partial charge in [-0.05, 0) is 31.4 Å². The van der Waals surface area contributed by atoms with Crippen LogP contribution in [0.1, 0.15) is 39.5 Å². The molecule has 0 aliphatic carbocycles. The SMILES string of the molecule is CCC[C@@H](NC(C)=O)C(=O)N1CCC(Nc2cccnn2)CC1. The lowest BCUT2D eigenvalue weighted by Crippen LogP contribution is -2.51. The zero-order valence-corrected chi connectivity index (χ0v) is 13.8. The van der Waals surface area contributed by atoms with E-state index in [2.05, 4.69) is 20.8 Å². The average molecular weight is 319 g/mol. The van der Waals surface area contributed by atoms with Gasteiger partial charge in [-0.15, -0.1) is 5.10 Å². The maximum absolute atomic E-state index is 12.6. The van der Waals surface area contributed by atoms with Crippen LogP contribution in [-0.2, 0) is 9.59 Å². The van der Waals surface area contributed by atoms with Crippen LogP contribution in [0.2, 0.25) is 0 Å². The number of hydrogen-bond acceptors (Lipinski definition) is 5. The van der Waals surface area contributed by atoms with Crippen molar-refractivity contribution in [3.63, 3.8) is 0 Å². The molecule has 126 valence electrons. The first-order chi connectivity index (χ1) is 11.1. The van der Waals surface area contributed by atoms with Gasteiger partial charge in [-0.25, -0.2) is 0 Å². The molecule has 2 rings (SSSR count). The van der Waals surface area contributed by atoms with E-state index < -0.39 is 6.04 Å². The molecule has 1 aromatic rings. The molecule has 23 heavy (non-hydrogen) atoms. The largest absolute Gasteiger partial charge is 0.366 e. The van der Waals surface area contributed by atoms with Crippen LogP contribution in [-0.4, -0.2) is 52.1 Å². The number of amides is 2. The van der Waals surface area contributed by atoms with Gasteiger partial charge in [0, 0.05) is 32.3 Å². The molecule has 1 atom stereocenters. The predicted octanol–water partition coefficient (Wildman–Crippen LogP) is 1.18. The number of nitrogens with zero attached hydrogens (tertiary/aromatic N) is 3. The van der Waals surface area contributed by atoms with Crippen LogP contribution in [0.5, 0.6) is 0 Å². The van der Waals surface area contributed by atoms with Crippen LogP contribution >= 0.6 is 0 Å². The van der Waals surface area contributed by atoms with Gasteiger partial charge in [0.05, 0.1) is 0 Å². The second-order valence-electron chi connectivity index (χ2n) is 5.89. The Morgan fingerprint density at radius 2 is 2.13 bits per heavy atom. The maximum Gasteiger partial charge on any atom is 0.245 e. The Hall–Kier alpha value is -2.18. The second kappa shape index (κ2) is 8.45. The van der Waals surface area contributed by atoms with Gasteiger partial charge < -0.3 is 15.5 Å². The summed E-state index contributed by atoms with van der Waals surface area (Å²) in [4.78, 5) is 25.7. The smallest absolute Gasteiger partial charge is 0.245 e. The highest BCUT2D eigenvalue weighted by Crippen LogP contribution is 2.16. The van der Waals surface area contributed by atoms with Crippen molar-refractivity contribution < 1.29 is 9.59 Å². The fourth-order valence-electron chi connectivity index (χ4n) is 2.84. The van der Waals surface area contributed by atoms with E-state index in [1.807, 2.05) is 24.0 Å². The molecule has 0 saturated carbocycles. The number of hydrogen-bond donors (Lipinski definition) is 2. The molecule has 1 aliphatic heterocycles. The number of rotatable bonds is 6. The number of likely N-dealkylation sites (tertiary alicyclic amines) is 1. The number of aromatic nitrogens is 2. The van der Waals surface area contributed by atoms with Gasteiger partial charge in [0.2, 0.25) is 11.8 Å². The first-order valence-corrected chi connectivity index (χ1v) is 8.20. The molecule has 2 amide bonds. The van der Waals surface area contributed by atoms with E-state index in [0.717, 1.165) is 25.1 Å². The summed E-state index contributed by atoms with van der Waals surface area (Å²) in [7, 11) is 0. The standard InChI is InChI=1S/C16H25N5O2/c1-3-5-14(18-12(2)22)16(23)21-10-7-13(8-11-21)19-15-6-4-9-17-20-15/h4,6,9,13-14H,3,5,7-8,10-11H2,1-2H3,(H,18,22)(H,19,20)/t14-/m1/s1. The van der Waals surface area contributed by atoms with Gasteiger partial charge in [0.15, 0.2) is 0 Å². The van der Waals surface area contributed by atoms with Crippen LogP contribution < -0.4 is 10.6 Å². The minimum Gasteiger partial charge on any atom is -0.366 e. The van der Waals surface area contributed by atoms with Gasteiger partial charge in [-0.3, -0.25) is 9.59 Å². The molecule has 1 aromatic heterocycles. The first kappa shape index (κ1) is 17.2. The molecule has 0 bridgehead atoms. The van der Waals surface area contributed by atoms with E-state index in [0.29, 0.717) is 25.6 Å². The Kier molecular flexibility index (Phi) is 6.31. The molecule has 7 heteroatoms. The average Bonchev–Trinajstić information content (AvgIpc) is 2.55. The van der Waals surface area contributed by atoms with Gasteiger partial charge >= 0.3 is 0 Å². The summed E-state index contributed by atoms with van der Waals surface area (Å²) in [6.45, 7) is 4.85. The first-order valence-electron chi connectivity index (χ1n) is 8.20. The van der Waals surface area contributed by atoms with Crippen LogP contribution in [0, 0.1) is 0 Å². The van der Waals surface area contributed by atoms with E-state index in [1.165, 1.54) is 6.92 Å². The van der Waals surface area contributed by atoms with E-state index in [-0.39, 0.29) is 11.8 Å². The minimum atomic E-state index is -0.401. The second-order valence-corrected chi connectivity index (χ2v) is 5.89. The lowest BCUT2D eigenvalue weighted by Gasteiger charge is -2.34. The summed E-state index contributed by atoms with van der Waals surface area (Å²) in [5.74, 6) is 0.635. The molecule has 0 aromatic carbocycles. The number of carbonyl (C=O) groups excluding carboxylic acids is 2. The van der Waals surface area contributed by atoms with Crippen molar-refractivity contribution in [1.29, 1.82) is 0 Å². The summed E-state index contributed by atoms with van der Waals surface area (Å²) >= 11 is 0. The molecule has 2 heterocycles. The monoisotopic (exact) mass is 319 g/mol. The van der Waals surface area contributed by atoms with Gasteiger partial charge in [0.1, 0.15) is 11.9 Å². The summed E-state index contributed by atoms with van der Waals surface area (Å²) in [6, 6.07) is 3.62. The zero-order valence-electron chi connectivity index (χ0n) is 13.8. The number of nitrogens with one attached hydrogen (secondary N) is 2. The highest BCUT2D eigenvalue weighted by atomic mass is 16.2. The maximum atomic E-state index is 12.6. The number of carbonyl (C=O) groups is 2. The fraction of sp³-hybridized carbons (Fsp3) is 0.625. The Morgan fingerprint density at radius 1 is 1.39 bits per heavy atom. The summed E-state index contributed by atoms with van der Waals surface area (Å²) in [5.41, 5.74) is 0. The van der Waals surface area contributed by atoms with Gasteiger partial charge in [-0.1, -0.05) is 13.3 Å². The molecule has 1 saturated heterocycles.